The van der Waals surface area contributed by atoms with Crippen LogP contribution in [0.2, 0.25) is 0 Å². The van der Waals surface area contributed by atoms with Gasteiger partial charge in [-0.25, -0.2) is 0 Å². The summed E-state index contributed by atoms with van der Waals surface area (Å²) >= 11 is 0. The molecule has 0 spiro atoms. The molecular weight excluding hydrogens is 234 g/mol. The van der Waals surface area contributed by atoms with Crippen LogP contribution in [0.1, 0.15) is 25.7 Å². The van der Waals surface area contributed by atoms with Crippen LogP contribution in [-0.2, 0) is 9.59 Å². The number of carboxylic acid groups (broad SMARTS) is 1. The third kappa shape index (κ3) is 3.00. The van der Waals surface area contributed by atoms with Crippen molar-refractivity contribution in [2.45, 2.75) is 37.8 Å². The SMILES string of the molecule is NC(CCC(=O)O)C(=O)N1CCN2CCCC2C1. The number of aliphatic carboxylic acids is 1. The Balaban J connectivity index is 1.83. The van der Waals surface area contributed by atoms with Gasteiger partial charge in [0.2, 0.25) is 5.91 Å². The van der Waals surface area contributed by atoms with Crippen molar-refractivity contribution in [2.24, 2.45) is 5.73 Å². The average molecular weight is 255 g/mol. The average Bonchev–Trinajstić information content (AvgIpc) is 2.81. The molecule has 18 heavy (non-hydrogen) atoms. The molecule has 2 aliphatic heterocycles. The van der Waals surface area contributed by atoms with Crippen molar-refractivity contribution in [2.75, 3.05) is 26.2 Å². The summed E-state index contributed by atoms with van der Waals surface area (Å²) in [7, 11) is 0. The van der Waals surface area contributed by atoms with Crippen LogP contribution in [0.3, 0.4) is 0 Å². The van der Waals surface area contributed by atoms with Crippen molar-refractivity contribution in [1.82, 2.24) is 9.80 Å². The van der Waals surface area contributed by atoms with E-state index >= 15 is 0 Å². The third-order valence-corrected chi connectivity index (χ3v) is 3.89. The molecule has 0 aromatic heterocycles. The first kappa shape index (κ1) is 13.3. The standard InChI is InChI=1S/C12H21N3O3/c13-10(3-4-11(16)17)12(18)15-7-6-14-5-1-2-9(14)8-15/h9-10H,1-8,13H2,(H,16,17). The molecule has 2 saturated heterocycles. The van der Waals surface area contributed by atoms with E-state index in [0.717, 1.165) is 32.6 Å². The van der Waals surface area contributed by atoms with Gasteiger partial charge in [-0.2, -0.15) is 0 Å². The Morgan fingerprint density at radius 1 is 1.33 bits per heavy atom. The number of piperazine rings is 1. The summed E-state index contributed by atoms with van der Waals surface area (Å²) in [5, 5.41) is 8.59. The molecule has 6 heteroatoms. The van der Waals surface area contributed by atoms with Crippen LogP contribution in [-0.4, -0.2) is 65.0 Å². The first-order valence-electron chi connectivity index (χ1n) is 6.58. The van der Waals surface area contributed by atoms with Gasteiger partial charge in [-0.3, -0.25) is 14.5 Å². The molecule has 3 N–H and O–H groups in total. The van der Waals surface area contributed by atoms with Crippen molar-refractivity contribution >= 4 is 11.9 Å². The maximum absolute atomic E-state index is 12.1. The molecule has 0 radical (unpaired) electrons. The van der Waals surface area contributed by atoms with Gasteiger partial charge in [0, 0.05) is 32.1 Å². The van der Waals surface area contributed by atoms with E-state index < -0.39 is 12.0 Å². The number of amides is 1. The minimum absolute atomic E-state index is 0.0453. The van der Waals surface area contributed by atoms with Gasteiger partial charge in [0.25, 0.3) is 0 Å². The Labute approximate surface area is 107 Å². The molecule has 102 valence electrons. The van der Waals surface area contributed by atoms with Crippen LogP contribution in [0.4, 0.5) is 0 Å². The van der Waals surface area contributed by atoms with Crippen LogP contribution in [0.15, 0.2) is 0 Å². The van der Waals surface area contributed by atoms with E-state index in [-0.39, 0.29) is 18.7 Å². The number of carboxylic acids is 1. The van der Waals surface area contributed by atoms with E-state index in [1.807, 2.05) is 0 Å². The van der Waals surface area contributed by atoms with Gasteiger partial charge >= 0.3 is 5.97 Å². The molecule has 0 aromatic carbocycles. The minimum atomic E-state index is -0.904. The van der Waals surface area contributed by atoms with Gasteiger partial charge in [0.05, 0.1) is 6.04 Å². The topological polar surface area (TPSA) is 86.9 Å². The second-order valence-electron chi connectivity index (χ2n) is 5.16. The highest BCUT2D eigenvalue weighted by molar-refractivity contribution is 5.82. The molecule has 6 nitrogen and oxygen atoms in total. The Morgan fingerprint density at radius 3 is 2.83 bits per heavy atom. The Morgan fingerprint density at radius 2 is 2.11 bits per heavy atom. The smallest absolute Gasteiger partial charge is 0.303 e. The summed E-state index contributed by atoms with van der Waals surface area (Å²) in [5.41, 5.74) is 5.77. The molecule has 0 aromatic rings. The lowest BCUT2D eigenvalue weighted by atomic mass is 10.1. The number of nitrogens with two attached hydrogens (primary N) is 1. The summed E-state index contributed by atoms with van der Waals surface area (Å²) in [5.74, 6) is -0.998. The molecule has 2 rings (SSSR count). The molecule has 2 fully saturated rings. The van der Waals surface area contributed by atoms with Crippen molar-refractivity contribution in [1.29, 1.82) is 0 Å². The van der Waals surface area contributed by atoms with Gasteiger partial charge in [-0.15, -0.1) is 0 Å². The first-order chi connectivity index (χ1) is 8.58. The lowest BCUT2D eigenvalue weighted by Crippen LogP contribution is -2.55. The molecule has 2 unspecified atom stereocenters. The molecule has 0 saturated carbocycles. The first-order valence-corrected chi connectivity index (χ1v) is 6.58. The largest absolute Gasteiger partial charge is 0.481 e. The number of hydrogen-bond acceptors (Lipinski definition) is 4. The van der Waals surface area contributed by atoms with Crippen molar-refractivity contribution in [3.8, 4) is 0 Å². The van der Waals surface area contributed by atoms with Crippen LogP contribution >= 0.6 is 0 Å². The van der Waals surface area contributed by atoms with Crippen LogP contribution in [0.25, 0.3) is 0 Å². The zero-order valence-corrected chi connectivity index (χ0v) is 10.5. The highest BCUT2D eigenvalue weighted by Gasteiger charge is 2.33. The lowest BCUT2D eigenvalue weighted by molar-refractivity contribution is -0.138. The lowest BCUT2D eigenvalue weighted by Gasteiger charge is -2.38. The molecule has 2 atom stereocenters. The van der Waals surface area contributed by atoms with Crippen molar-refractivity contribution in [3.63, 3.8) is 0 Å². The quantitative estimate of drug-likeness (QED) is 0.706. The second kappa shape index (κ2) is 5.67. The maximum atomic E-state index is 12.1. The number of carbonyl (C=O) groups excluding carboxylic acids is 1. The minimum Gasteiger partial charge on any atom is -0.481 e. The predicted molar refractivity (Wildman–Crippen MR) is 66.0 cm³/mol. The van der Waals surface area contributed by atoms with E-state index in [4.69, 9.17) is 10.8 Å². The van der Waals surface area contributed by atoms with Crippen LogP contribution < -0.4 is 5.73 Å². The normalized spacial score (nSPS) is 25.8. The van der Waals surface area contributed by atoms with E-state index in [1.54, 1.807) is 4.90 Å². The second-order valence-corrected chi connectivity index (χ2v) is 5.16. The summed E-state index contributed by atoms with van der Waals surface area (Å²) in [6.45, 7) is 3.52. The highest BCUT2D eigenvalue weighted by Crippen LogP contribution is 2.21. The number of carbonyl (C=O) groups is 2. The fourth-order valence-electron chi connectivity index (χ4n) is 2.83. The molecule has 2 heterocycles. The molecule has 0 bridgehead atoms. The van der Waals surface area contributed by atoms with Crippen molar-refractivity contribution < 1.29 is 14.7 Å². The third-order valence-electron chi connectivity index (χ3n) is 3.89. The molecular formula is C12H21N3O3. The molecule has 2 aliphatic rings. The fraction of sp³-hybridized carbons (Fsp3) is 0.833. The summed E-state index contributed by atoms with van der Waals surface area (Å²) < 4.78 is 0. The number of rotatable bonds is 4. The zero-order valence-electron chi connectivity index (χ0n) is 10.5. The van der Waals surface area contributed by atoms with Gasteiger partial charge in [-0.05, 0) is 25.8 Å². The van der Waals surface area contributed by atoms with Gasteiger partial charge in [-0.1, -0.05) is 0 Å². The fourth-order valence-corrected chi connectivity index (χ4v) is 2.83. The van der Waals surface area contributed by atoms with Gasteiger partial charge in [0.1, 0.15) is 0 Å². The van der Waals surface area contributed by atoms with E-state index in [9.17, 15) is 9.59 Å². The summed E-state index contributed by atoms with van der Waals surface area (Å²) in [6, 6.07) is -0.191. The summed E-state index contributed by atoms with van der Waals surface area (Å²) in [6.07, 6.45) is 2.53. The van der Waals surface area contributed by atoms with Crippen molar-refractivity contribution in [3.05, 3.63) is 0 Å². The van der Waals surface area contributed by atoms with E-state index in [1.165, 1.54) is 6.42 Å². The van der Waals surface area contributed by atoms with Crippen LogP contribution in [0, 0.1) is 0 Å². The Hall–Kier alpha value is -1.14. The highest BCUT2D eigenvalue weighted by atomic mass is 16.4. The monoisotopic (exact) mass is 255 g/mol. The van der Waals surface area contributed by atoms with Crippen LogP contribution in [0.5, 0.6) is 0 Å². The molecule has 0 aliphatic carbocycles. The van der Waals surface area contributed by atoms with E-state index in [2.05, 4.69) is 4.90 Å². The predicted octanol–water partition coefficient (Wildman–Crippen LogP) is -0.515. The Bertz CT molecular complexity index is 335. The van der Waals surface area contributed by atoms with E-state index in [0.29, 0.717) is 6.04 Å². The van der Waals surface area contributed by atoms with Gasteiger partial charge in [0.15, 0.2) is 0 Å². The zero-order chi connectivity index (χ0) is 13.1. The molecule has 1 amide bonds. The maximum Gasteiger partial charge on any atom is 0.303 e. The number of fused-ring (bicyclic) bond motifs is 1. The summed E-state index contributed by atoms with van der Waals surface area (Å²) in [4.78, 5) is 26.8. The van der Waals surface area contributed by atoms with Gasteiger partial charge < -0.3 is 15.7 Å². The number of nitrogens with zero attached hydrogens (tertiary/aromatic N) is 2. The number of hydrogen-bond donors (Lipinski definition) is 2. The Kier molecular flexibility index (Phi) is 4.19.